The Morgan fingerprint density at radius 3 is 2.89 bits per heavy atom. The Morgan fingerprint density at radius 2 is 2.14 bits per heavy atom. The fourth-order valence-electron chi connectivity index (χ4n) is 3.75. The van der Waals surface area contributed by atoms with Crippen LogP contribution in [0.4, 0.5) is 5.69 Å². The number of likely N-dealkylation sites (tertiary alicyclic amines) is 1. The van der Waals surface area contributed by atoms with Gasteiger partial charge in [-0.25, -0.2) is 4.63 Å². The van der Waals surface area contributed by atoms with Gasteiger partial charge in [-0.05, 0) is 56.0 Å². The summed E-state index contributed by atoms with van der Waals surface area (Å²) in [4.78, 5) is 19.3. The van der Waals surface area contributed by atoms with Gasteiger partial charge in [-0.3, -0.25) is 9.78 Å². The molecule has 7 nitrogen and oxygen atoms in total. The SMILES string of the molecule is Cc1nonc1C1CCCN1C(=O)c1cccc(NCc2cccnc2)c1C. The van der Waals surface area contributed by atoms with Gasteiger partial charge in [0.05, 0.1) is 6.04 Å². The molecule has 3 aromatic rings. The largest absolute Gasteiger partial charge is 0.381 e. The number of hydrogen-bond donors (Lipinski definition) is 1. The molecule has 1 fully saturated rings. The molecular weight excluding hydrogens is 354 g/mol. The molecule has 0 aliphatic carbocycles. The molecule has 3 heterocycles. The van der Waals surface area contributed by atoms with E-state index in [0.29, 0.717) is 18.7 Å². The van der Waals surface area contributed by atoms with Gasteiger partial charge in [0.1, 0.15) is 11.4 Å². The Labute approximate surface area is 163 Å². The maximum atomic E-state index is 13.3. The molecular formula is C21H23N5O2. The summed E-state index contributed by atoms with van der Waals surface area (Å²) in [5.41, 5.74) is 5.19. The minimum atomic E-state index is -0.0786. The molecule has 0 bridgehead atoms. The van der Waals surface area contributed by atoms with Crippen LogP contribution >= 0.6 is 0 Å². The first-order valence-electron chi connectivity index (χ1n) is 9.47. The Bertz CT molecular complexity index is 970. The number of carbonyl (C=O) groups is 1. The summed E-state index contributed by atoms with van der Waals surface area (Å²) < 4.78 is 4.86. The Morgan fingerprint density at radius 1 is 1.25 bits per heavy atom. The van der Waals surface area contributed by atoms with E-state index in [1.165, 1.54) is 0 Å². The molecule has 1 N–H and O–H groups in total. The van der Waals surface area contributed by atoms with Crippen LogP contribution in [0, 0.1) is 13.8 Å². The molecule has 1 unspecified atom stereocenters. The van der Waals surface area contributed by atoms with E-state index in [9.17, 15) is 4.79 Å². The molecule has 2 aromatic heterocycles. The highest BCUT2D eigenvalue weighted by molar-refractivity contribution is 5.97. The van der Waals surface area contributed by atoms with Gasteiger partial charge in [-0.2, -0.15) is 0 Å². The number of pyridine rings is 1. The van der Waals surface area contributed by atoms with Gasteiger partial charge >= 0.3 is 0 Å². The summed E-state index contributed by atoms with van der Waals surface area (Å²) in [6.07, 6.45) is 5.41. The van der Waals surface area contributed by atoms with Crippen molar-refractivity contribution in [3.63, 3.8) is 0 Å². The minimum Gasteiger partial charge on any atom is -0.381 e. The van der Waals surface area contributed by atoms with Gasteiger partial charge in [-0.15, -0.1) is 0 Å². The third-order valence-electron chi connectivity index (χ3n) is 5.29. The molecule has 28 heavy (non-hydrogen) atoms. The molecule has 7 heteroatoms. The number of benzene rings is 1. The van der Waals surface area contributed by atoms with Crippen LogP contribution in [0.25, 0.3) is 0 Å². The van der Waals surface area contributed by atoms with Crippen molar-refractivity contribution in [2.75, 3.05) is 11.9 Å². The summed E-state index contributed by atoms with van der Waals surface area (Å²) >= 11 is 0. The second kappa shape index (κ2) is 7.80. The molecule has 1 atom stereocenters. The number of aryl methyl sites for hydroxylation is 1. The molecule has 0 radical (unpaired) electrons. The van der Waals surface area contributed by atoms with Crippen LogP contribution in [0.5, 0.6) is 0 Å². The molecule has 1 aliphatic heterocycles. The zero-order valence-electron chi connectivity index (χ0n) is 16.1. The van der Waals surface area contributed by atoms with Crippen LogP contribution in [-0.2, 0) is 6.54 Å². The average Bonchev–Trinajstić information content (AvgIpc) is 3.36. The minimum absolute atomic E-state index is 0.0208. The number of amides is 1. The van der Waals surface area contributed by atoms with Crippen molar-refractivity contribution in [3.05, 3.63) is 70.8 Å². The number of carbonyl (C=O) groups excluding carboxylic acids is 1. The first-order valence-corrected chi connectivity index (χ1v) is 9.47. The molecule has 1 aromatic carbocycles. The van der Waals surface area contributed by atoms with Crippen molar-refractivity contribution in [1.82, 2.24) is 20.2 Å². The smallest absolute Gasteiger partial charge is 0.254 e. The third kappa shape index (κ3) is 3.47. The van der Waals surface area contributed by atoms with E-state index in [0.717, 1.165) is 41.0 Å². The van der Waals surface area contributed by atoms with Crippen LogP contribution < -0.4 is 5.32 Å². The number of rotatable bonds is 5. The standard InChI is InChI=1S/C21H23N5O2/c1-14-17(7-3-8-18(14)23-13-16-6-4-10-22-12-16)21(27)26-11-5-9-19(26)20-15(2)24-28-25-20/h3-4,6-8,10,12,19,23H,5,9,11,13H2,1-2H3. The lowest BCUT2D eigenvalue weighted by Gasteiger charge is -2.24. The van der Waals surface area contributed by atoms with E-state index >= 15 is 0 Å². The van der Waals surface area contributed by atoms with Gasteiger partial charge in [-0.1, -0.05) is 22.4 Å². The van der Waals surface area contributed by atoms with Crippen molar-refractivity contribution in [1.29, 1.82) is 0 Å². The maximum absolute atomic E-state index is 13.3. The Hall–Kier alpha value is -3.22. The van der Waals surface area contributed by atoms with Crippen molar-refractivity contribution in [3.8, 4) is 0 Å². The quantitative estimate of drug-likeness (QED) is 0.730. The number of nitrogens with zero attached hydrogens (tertiary/aromatic N) is 4. The first kappa shape index (κ1) is 18.2. The lowest BCUT2D eigenvalue weighted by Crippen LogP contribution is -2.31. The van der Waals surface area contributed by atoms with E-state index in [4.69, 9.17) is 4.63 Å². The van der Waals surface area contributed by atoms with E-state index in [1.54, 1.807) is 6.20 Å². The van der Waals surface area contributed by atoms with Gasteiger partial charge in [0.2, 0.25) is 0 Å². The van der Waals surface area contributed by atoms with Crippen LogP contribution in [0.3, 0.4) is 0 Å². The van der Waals surface area contributed by atoms with Crippen molar-refractivity contribution in [2.45, 2.75) is 39.3 Å². The summed E-state index contributed by atoms with van der Waals surface area (Å²) in [6, 6.07) is 9.65. The highest BCUT2D eigenvalue weighted by Crippen LogP contribution is 2.34. The van der Waals surface area contributed by atoms with E-state index in [1.807, 2.05) is 55.3 Å². The fraction of sp³-hybridized carbons (Fsp3) is 0.333. The van der Waals surface area contributed by atoms with Crippen LogP contribution in [0.2, 0.25) is 0 Å². The fourth-order valence-corrected chi connectivity index (χ4v) is 3.75. The predicted molar refractivity (Wildman–Crippen MR) is 105 cm³/mol. The summed E-state index contributed by atoms with van der Waals surface area (Å²) in [7, 11) is 0. The molecule has 0 spiro atoms. The topological polar surface area (TPSA) is 84.2 Å². The molecule has 4 rings (SSSR count). The number of anilines is 1. The second-order valence-corrected chi connectivity index (χ2v) is 7.08. The van der Waals surface area contributed by atoms with Crippen molar-refractivity contribution >= 4 is 11.6 Å². The monoisotopic (exact) mass is 377 g/mol. The summed E-state index contributed by atoms with van der Waals surface area (Å²) in [5, 5.41) is 11.3. The second-order valence-electron chi connectivity index (χ2n) is 7.08. The van der Waals surface area contributed by atoms with Gasteiger partial charge < -0.3 is 10.2 Å². The van der Waals surface area contributed by atoms with Crippen LogP contribution in [0.15, 0.2) is 47.4 Å². The molecule has 144 valence electrons. The third-order valence-corrected chi connectivity index (χ3v) is 5.29. The van der Waals surface area contributed by atoms with Crippen molar-refractivity contribution in [2.24, 2.45) is 0 Å². The van der Waals surface area contributed by atoms with E-state index < -0.39 is 0 Å². The van der Waals surface area contributed by atoms with E-state index in [2.05, 4.69) is 20.6 Å². The van der Waals surface area contributed by atoms with Crippen LogP contribution in [0.1, 0.15) is 51.8 Å². The number of nitrogens with one attached hydrogen (secondary N) is 1. The number of hydrogen-bond acceptors (Lipinski definition) is 6. The summed E-state index contributed by atoms with van der Waals surface area (Å²) in [6.45, 7) is 5.21. The highest BCUT2D eigenvalue weighted by atomic mass is 16.6. The summed E-state index contributed by atoms with van der Waals surface area (Å²) in [5.74, 6) is 0.0208. The zero-order valence-corrected chi connectivity index (χ0v) is 16.1. The Balaban J connectivity index is 1.55. The average molecular weight is 377 g/mol. The first-order chi connectivity index (χ1) is 13.6. The number of aromatic nitrogens is 3. The van der Waals surface area contributed by atoms with Crippen molar-refractivity contribution < 1.29 is 9.42 Å². The predicted octanol–water partition coefficient (Wildman–Crippen LogP) is 3.67. The molecule has 1 aliphatic rings. The van der Waals surface area contributed by atoms with Gasteiger partial charge in [0.15, 0.2) is 0 Å². The highest BCUT2D eigenvalue weighted by Gasteiger charge is 2.34. The lowest BCUT2D eigenvalue weighted by molar-refractivity contribution is 0.0729. The maximum Gasteiger partial charge on any atom is 0.254 e. The van der Waals surface area contributed by atoms with Gasteiger partial charge in [0.25, 0.3) is 5.91 Å². The Kier molecular flexibility index (Phi) is 5.06. The molecule has 1 saturated heterocycles. The van der Waals surface area contributed by atoms with Crippen LogP contribution in [-0.4, -0.2) is 32.6 Å². The van der Waals surface area contributed by atoms with E-state index in [-0.39, 0.29) is 11.9 Å². The zero-order chi connectivity index (χ0) is 19.5. The normalized spacial score (nSPS) is 16.4. The molecule has 1 amide bonds. The van der Waals surface area contributed by atoms with Gasteiger partial charge in [0, 0.05) is 36.7 Å². The molecule has 0 saturated carbocycles. The lowest BCUT2D eigenvalue weighted by atomic mass is 10.0.